The summed E-state index contributed by atoms with van der Waals surface area (Å²) in [6.07, 6.45) is 0. The van der Waals surface area contributed by atoms with Gasteiger partial charge in [-0.2, -0.15) is 5.26 Å². The van der Waals surface area contributed by atoms with Crippen molar-refractivity contribution in [1.29, 1.82) is 5.26 Å². The highest BCUT2D eigenvalue weighted by molar-refractivity contribution is 5.70. The van der Waals surface area contributed by atoms with Crippen LogP contribution in [0.1, 0.15) is 48.7 Å². The lowest BCUT2D eigenvalue weighted by molar-refractivity contribution is 0.568. The largest absolute Gasteiger partial charge is 0.261 e. The van der Waals surface area contributed by atoms with E-state index in [9.17, 15) is 5.26 Å². The van der Waals surface area contributed by atoms with Gasteiger partial charge in [0.15, 0.2) is 5.82 Å². The van der Waals surface area contributed by atoms with Gasteiger partial charge in [0.25, 0.3) is 0 Å². The lowest BCUT2D eigenvalue weighted by Crippen LogP contribution is -2.29. The Kier molecular flexibility index (Phi) is 4.44. The minimum Gasteiger partial charge on any atom is -0.261 e. The number of anilines is 2. The first-order valence-corrected chi connectivity index (χ1v) is 7.69. The molecule has 0 atom stereocenters. The quantitative estimate of drug-likeness (QED) is 0.667. The number of hydrazine groups is 1. The molecule has 23 heavy (non-hydrogen) atoms. The van der Waals surface area contributed by atoms with Crippen LogP contribution in [0.2, 0.25) is 0 Å². The van der Waals surface area contributed by atoms with Crippen LogP contribution in [0.15, 0.2) is 24.3 Å². The zero-order chi connectivity index (χ0) is 17.4. The number of hydrogen-bond donors (Lipinski definition) is 1. The maximum absolute atomic E-state index is 9.42. The second-order valence-corrected chi connectivity index (χ2v) is 7.05. The molecule has 2 aromatic rings. The van der Waals surface area contributed by atoms with Crippen molar-refractivity contribution in [2.45, 2.75) is 47.0 Å². The molecule has 0 spiro atoms. The van der Waals surface area contributed by atoms with Gasteiger partial charge in [0.05, 0.1) is 11.3 Å². The molecule has 1 heterocycles. The summed E-state index contributed by atoms with van der Waals surface area (Å²) in [4.78, 5) is 4.67. The third-order valence-corrected chi connectivity index (χ3v) is 3.87. The molecule has 2 N–H and O–H groups in total. The summed E-state index contributed by atoms with van der Waals surface area (Å²) in [7, 11) is 0. The van der Waals surface area contributed by atoms with Crippen LogP contribution in [0.5, 0.6) is 0 Å². The molecular formula is C19H24N4. The Labute approximate surface area is 138 Å². The van der Waals surface area contributed by atoms with Crippen LogP contribution in [-0.4, -0.2) is 4.98 Å². The number of rotatable bonds is 2. The van der Waals surface area contributed by atoms with Crippen LogP contribution in [0.25, 0.3) is 0 Å². The number of aromatic nitrogens is 1. The Balaban J connectivity index is 2.64. The fraction of sp³-hybridized carbons (Fsp3) is 0.368. The van der Waals surface area contributed by atoms with Gasteiger partial charge in [0.1, 0.15) is 6.07 Å². The second-order valence-electron chi connectivity index (χ2n) is 7.05. The van der Waals surface area contributed by atoms with Gasteiger partial charge >= 0.3 is 0 Å². The normalized spacial score (nSPS) is 11.2. The number of benzene rings is 1. The van der Waals surface area contributed by atoms with Crippen molar-refractivity contribution >= 4 is 11.5 Å². The first kappa shape index (κ1) is 17.0. The first-order valence-electron chi connectivity index (χ1n) is 7.69. The molecule has 0 saturated heterocycles. The summed E-state index contributed by atoms with van der Waals surface area (Å²) < 4.78 is 0. The molecule has 0 unspecified atom stereocenters. The summed E-state index contributed by atoms with van der Waals surface area (Å²) in [6.45, 7) is 12.4. The molecule has 0 aliphatic carbocycles. The van der Waals surface area contributed by atoms with Gasteiger partial charge < -0.3 is 0 Å². The van der Waals surface area contributed by atoms with Crippen LogP contribution in [-0.2, 0) is 5.41 Å². The minimum absolute atomic E-state index is 0.110. The predicted molar refractivity (Wildman–Crippen MR) is 94.6 cm³/mol. The van der Waals surface area contributed by atoms with Crippen molar-refractivity contribution in [3.8, 4) is 6.07 Å². The molecule has 0 aliphatic rings. The molecule has 2 rings (SSSR count). The van der Waals surface area contributed by atoms with Gasteiger partial charge in [-0.1, -0.05) is 38.5 Å². The Hall–Kier alpha value is -2.38. The Bertz CT molecular complexity index is 756. The zero-order valence-corrected chi connectivity index (χ0v) is 14.7. The summed E-state index contributed by atoms with van der Waals surface area (Å²) >= 11 is 0. The maximum Gasteiger partial charge on any atom is 0.165 e. The fourth-order valence-electron chi connectivity index (χ4n) is 2.80. The average molecular weight is 308 g/mol. The number of pyridine rings is 1. The highest BCUT2D eigenvalue weighted by Gasteiger charge is 2.21. The van der Waals surface area contributed by atoms with Crippen LogP contribution in [0.4, 0.5) is 11.5 Å². The van der Waals surface area contributed by atoms with E-state index in [2.05, 4.69) is 50.9 Å². The number of nitriles is 1. The molecule has 1 aromatic carbocycles. The summed E-state index contributed by atoms with van der Waals surface area (Å²) in [5.74, 6) is 6.87. The van der Waals surface area contributed by atoms with Gasteiger partial charge in [-0.3, -0.25) is 5.01 Å². The third kappa shape index (κ3) is 3.35. The molecule has 4 nitrogen and oxygen atoms in total. The number of hydrogen-bond acceptors (Lipinski definition) is 4. The fourth-order valence-corrected chi connectivity index (χ4v) is 2.80. The van der Waals surface area contributed by atoms with Crippen LogP contribution in [0, 0.1) is 32.1 Å². The van der Waals surface area contributed by atoms with Crippen LogP contribution < -0.4 is 10.9 Å². The predicted octanol–water partition coefficient (Wildman–Crippen LogP) is 4.19. The van der Waals surface area contributed by atoms with Gasteiger partial charge in [-0.25, -0.2) is 10.8 Å². The molecule has 0 radical (unpaired) electrons. The molecule has 120 valence electrons. The van der Waals surface area contributed by atoms with E-state index in [1.807, 2.05) is 19.9 Å². The van der Waals surface area contributed by atoms with E-state index in [0.29, 0.717) is 11.4 Å². The Morgan fingerprint density at radius 1 is 1.09 bits per heavy atom. The van der Waals surface area contributed by atoms with Crippen molar-refractivity contribution in [3.05, 3.63) is 52.2 Å². The van der Waals surface area contributed by atoms with Gasteiger partial charge in [0, 0.05) is 11.1 Å². The smallest absolute Gasteiger partial charge is 0.165 e. The van der Waals surface area contributed by atoms with Crippen molar-refractivity contribution in [2.24, 2.45) is 5.84 Å². The van der Waals surface area contributed by atoms with Crippen molar-refractivity contribution in [3.63, 3.8) is 0 Å². The van der Waals surface area contributed by atoms with Crippen LogP contribution >= 0.6 is 0 Å². The second kappa shape index (κ2) is 6.02. The molecule has 1 aromatic heterocycles. The van der Waals surface area contributed by atoms with E-state index >= 15 is 0 Å². The zero-order valence-electron chi connectivity index (χ0n) is 14.7. The molecule has 4 heteroatoms. The summed E-state index contributed by atoms with van der Waals surface area (Å²) in [6, 6.07) is 10.0. The lowest BCUT2D eigenvalue weighted by Gasteiger charge is -2.26. The lowest BCUT2D eigenvalue weighted by atomic mass is 9.91. The standard InChI is InChI=1S/C19H24N4/c1-12-9-13(2)17(14(3)10-12)23(21)18-15(11-20)7-8-16(22-18)19(4,5)6/h7-10H,21H2,1-6H3. The topological polar surface area (TPSA) is 65.9 Å². The van der Waals surface area contributed by atoms with E-state index in [-0.39, 0.29) is 5.41 Å². The SMILES string of the molecule is Cc1cc(C)c(N(N)c2nc(C(C)(C)C)ccc2C#N)c(C)c1. The van der Waals surface area contributed by atoms with E-state index in [1.165, 1.54) is 10.6 Å². The van der Waals surface area contributed by atoms with Gasteiger partial charge in [-0.05, 0) is 44.0 Å². The Morgan fingerprint density at radius 3 is 2.13 bits per heavy atom. The van der Waals surface area contributed by atoms with Crippen LogP contribution in [0.3, 0.4) is 0 Å². The van der Waals surface area contributed by atoms with E-state index < -0.39 is 0 Å². The first-order chi connectivity index (χ1) is 10.6. The highest BCUT2D eigenvalue weighted by atomic mass is 15.4. The van der Waals surface area contributed by atoms with Gasteiger partial charge in [-0.15, -0.1) is 0 Å². The van der Waals surface area contributed by atoms with Gasteiger partial charge in [0.2, 0.25) is 0 Å². The Morgan fingerprint density at radius 2 is 1.65 bits per heavy atom. The van der Waals surface area contributed by atoms with Crippen molar-refractivity contribution in [2.75, 3.05) is 5.01 Å². The minimum atomic E-state index is -0.110. The van der Waals surface area contributed by atoms with Crippen molar-refractivity contribution < 1.29 is 0 Å². The summed E-state index contributed by atoms with van der Waals surface area (Å²) in [5, 5.41) is 11.0. The highest BCUT2D eigenvalue weighted by Crippen LogP contribution is 2.32. The van der Waals surface area contributed by atoms with E-state index in [4.69, 9.17) is 5.84 Å². The monoisotopic (exact) mass is 308 g/mol. The number of nitrogens with zero attached hydrogens (tertiary/aromatic N) is 3. The molecular weight excluding hydrogens is 284 g/mol. The average Bonchev–Trinajstić information content (AvgIpc) is 2.44. The molecule has 0 aliphatic heterocycles. The maximum atomic E-state index is 9.42. The molecule has 0 fully saturated rings. The number of nitrogens with two attached hydrogens (primary N) is 1. The molecule has 0 amide bonds. The van der Waals surface area contributed by atoms with E-state index in [0.717, 1.165) is 22.5 Å². The number of aryl methyl sites for hydroxylation is 3. The summed E-state index contributed by atoms with van der Waals surface area (Å²) in [5.41, 5.74) is 5.48. The van der Waals surface area contributed by atoms with E-state index in [1.54, 1.807) is 6.07 Å². The third-order valence-electron chi connectivity index (χ3n) is 3.87. The van der Waals surface area contributed by atoms with Crippen molar-refractivity contribution in [1.82, 2.24) is 4.98 Å². The molecule has 0 bridgehead atoms. The molecule has 0 saturated carbocycles.